The van der Waals surface area contributed by atoms with E-state index >= 15 is 0 Å². The number of amides is 1. The van der Waals surface area contributed by atoms with Crippen molar-refractivity contribution in [2.24, 2.45) is 0 Å². The van der Waals surface area contributed by atoms with Crippen LogP contribution in [0.15, 0.2) is 54.6 Å². The molecule has 0 atom stereocenters. The Morgan fingerprint density at radius 3 is 2.46 bits per heavy atom. The van der Waals surface area contributed by atoms with Crippen LogP contribution in [0.3, 0.4) is 0 Å². The predicted octanol–water partition coefficient (Wildman–Crippen LogP) is 3.33. The predicted molar refractivity (Wildman–Crippen MR) is 100 cm³/mol. The Balaban J connectivity index is 1.52. The van der Waals surface area contributed by atoms with E-state index in [2.05, 4.69) is 34.5 Å². The van der Waals surface area contributed by atoms with Crippen LogP contribution in [0.25, 0.3) is 11.3 Å². The third-order valence-electron chi connectivity index (χ3n) is 4.88. The molecule has 1 amide bonds. The van der Waals surface area contributed by atoms with Crippen molar-refractivity contribution in [3.05, 3.63) is 71.4 Å². The lowest BCUT2D eigenvalue weighted by Gasteiger charge is -2.19. The zero-order chi connectivity index (χ0) is 17.9. The van der Waals surface area contributed by atoms with Crippen LogP contribution >= 0.6 is 0 Å². The number of methoxy groups -OCH3 is 1. The number of aromatic nitrogens is 2. The van der Waals surface area contributed by atoms with Crippen molar-refractivity contribution in [3.63, 3.8) is 0 Å². The lowest BCUT2D eigenvalue weighted by atomic mass is 10.0. The molecular formula is C21H21N3O2. The first-order chi connectivity index (χ1) is 12.7. The molecule has 0 saturated heterocycles. The number of fused-ring (bicyclic) bond motifs is 1. The maximum absolute atomic E-state index is 12.9. The van der Waals surface area contributed by atoms with E-state index in [1.165, 1.54) is 11.1 Å². The van der Waals surface area contributed by atoms with Gasteiger partial charge in [-0.25, -0.2) is 0 Å². The van der Waals surface area contributed by atoms with Gasteiger partial charge in [0.25, 0.3) is 5.91 Å². The summed E-state index contributed by atoms with van der Waals surface area (Å²) >= 11 is 0. The molecule has 3 aromatic rings. The first kappa shape index (κ1) is 16.4. The van der Waals surface area contributed by atoms with Gasteiger partial charge in [-0.2, -0.15) is 5.10 Å². The van der Waals surface area contributed by atoms with Crippen LogP contribution in [0.4, 0.5) is 0 Å². The summed E-state index contributed by atoms with van der Waals surface area (Å²) in [6, 6.07) is 17.9. The number of rotatable bonds is 3. The van der Waals surface area contributed by atoms with Crippen LogP contribution < -0.4 is 4.74 Å². The minimum atomic E-state index is -0.000507. The van der Waals surface area contributed by atoms with E-state index in [-0.39, 0.29) is 5.91 Å². The van der Waals surface area contributed by atoms with Crippen LogP contribution in [0, 0.1) is 0 Å². The fraction of sp³-hybridized carbons (Fsp3) is 0.238. The number of ether oxygens (including phenoxy) is 1. The van der Waals surface area contributed by atoms with Gasteiger partial charge in [-0.05, 0) is 42.2 Å². The Bertz CT molecular complexity index is 905. The first-order valence-electron chi connectivity index (χ1n) is 8.80. The summed E-state index contributed by atoms with van der Waals surface area (Å²) in [4.78, 5) is 14.8. The highest BCUT2D eigenvalue weighted by Crippen LogP contribution is 2.23. The summed E-state index contributed by atoms with van der Waals surface area (Å²) in [6.07, 6.45) is 1.78. The molecular weight excluding hydrogens is 326 g/mol. The Morgan fingerprint density at radius 2 is 1.77 bits per heavy atom. The van der Waals surface area contributed by atoms with Gasteiger partial charge in [0.1, 0.15) is 11.4 Å². The number of benzene rings is 2. The summed E-state index contributed by atoms with van der Waals surface area (Å²) < 4.78 is 5.26. The smallest absolute Gasteiger partial charge is 0.271 e. The zero-order valence-electron chi connectivity index (χ0n) is 14.7. The number of carbonyl (C=O) groups excluding carboxylic acids is 1. The number of nitrogens with zero attached hydrogens (tertiary/aromatic N) is 2. The van der Waals surface area contributed by atoms with Gasteiger partial charge < -0.3 is 9.64 Å². The average molecular weight is 347 g/mol. The Morgan fingerprint density at radius 1 is 1.04 bits per heavy atom. The van der Waals surface area contributed by atoms with Gasteiger partial charge >= 0.3 is 0 Å². The van der Waals surface area contributed by atoms with Crippen molar-refractivity contribution in [1.29, 1.82) is 0 Å². The maximum atomic E-state index is 12.9. The number of hydrogen-bond acceptors (Lipinski definition) is 3. The van der Waals surface area contributed by atoms with Crippen molar-refractivity contribution in [1.82, 2.24) is 15.1 Å². The normalized spacial score (nSPS) is 13.8. The van der Waals surface area contributed by atoms with Crippen LogP contribution in [0.1, 0.15) is 21.6 Å². The lowest BCUT2D eigenvalue weighted by molar-refractivity contribution is 0.0757. The van der Waals surface area contributed by atoms with E-state index in [4.69, 9.17) is 4.74 Å². The van der Waals surface area contributed by atoms with Crippen molar-refractivity contribution in [3.8, 4) is 17.0 Å². The molecule has 132 valence electrons. The summed E-state index contributed by atoms with van der Waals surface area (Å²) in [5, 5.41) is 7.21. The summed E-state index contributed by atoms with van der Waals surface area (Å²) in [7, 11) is 1.63. The van der Waals surface area contributed by atoms with E-state index in [1.54, 1.807) is 7.11 Å². The second-order valence-corrected chi connectivity index (χ2v) is 6.46. The highest BCUT2D eigenvalue weighted by atomic mass is 16.5. The minimum Gasteiger partial charge on any atom is -0.497 e. The molecule has 1 aromatic heterocycles. The monoisotopic (exact) mass is 347 g/mol. The quantitative estimate of drug-likeness (QED) is 0.791. The fourth-order valence-corrected chi connectivity index (χ4v) is 3.40. The van der Waals surface area contributed by atoms with Gasteiger partial charge in [-0.3, -0.25) is 9.89 Å². The Kier molecular flexibility index (Phi) is 4.44. The summed E-state index contributed by atoms with van der Waals surface area (Å²) in [5.41, 5.74) is 4.86. The van der Waals surface area contributed by atoms with Crippen LogP contribution in [-0.4, -0.2) is 41.2 Å². The number of nitrogens with one attached hydrogen (secondary N) is 1. The largest absolute Gasteiger partial charge is 0.497 e. The Labute approximate surface area is 152 Å². The fourth-order valence-electron chi connectivity index (χ4n) is 3.40. The molecule has 0 fully saturated rings. The molecule has 0 saturated carbocycles. The van der Waals surface area contributed by atoms with Crippen molar-refractivity contribution >= 4 is 5.91 Å². The van der Waals surface area contributed by atoms with Gasteiger partial charge in [0.2, 0.25) is 0 Å². The molecule has 0 radical (unpaired) electrons. The van der Waals surface area contributed by atoms with Gasteiger partial charge in [0.05, 0.1) is 12.8 Å². The number of hydrogen-bond donors (Lipinski definition) is 1. The second kappa shape index (κ2) is 7.04. The Hall–Kier alpha value is -3.08. The molecule has 1 aliphatic heterocycles. The molecule has 5 nitrogen and oxygen atoms in total. The number of carbonyl (C=O) groups is 1. The minimum absolute atomic E-state index is 0.000507. The average Bonchev–Trinajstić information content (AvgIpc) is 3.09. The molecule has 2 heterocycles. The highest BCUT2D eigenvalue weighted by Gasteiger charge is 2.21. The topological polar surface area (TPSA) is 58.2 Å². The van der Waals surface area contributed by atoms with Crippen LogP contribution in [0.5, 0.6) is 5.75 Å². The van der Waals surface area contributed by atoms with E-state index in [0.717, 1.165) is 42.9 Å². The van der Waals surface area contributed by atoms with Crippen LogP contribution in [-0.2, 0) is 12.8 Å². The molecule has 1 aliphatic rings. The molecule has 1 N–H and O–H groups in total. The van der Waals surface area contributed by atoms with Gasteiger partial charge in [0.15, 0.2) is 0 Å². The lowest BCUT2D eigenvalue weighted by Crippen LogP contribution is -2.33. The maximum Gasteiger partial charge on any atom is 0.271 e. The van der Waals surface area contributed by atoms with Gasteiger partial charge in [0, 0.05) is 18.7 Å². The summed E-state index contributed by atoms with van der Waals surface area (Å²) in [6.45, 7) is 1.45. The third-order valence-corrected chi connectivity index (χ3v) is 4.88. The van der Waals surface area contributed by atoms with E-state index in [9.17, 15) is 4.79 Å². The molecule has 0 spiro atoms. The van der Waals surface area contributed by atoms with E-state index in [1.807, 2.05) is 35.2 Å². The van der Waals surface area contributed by atoms with Gasteiger partial charge in [-0.1, -0.05) is 36.4 Å². The standard InChI is InChI=1S/C21H21N3O2/c1-26-18-8-4-7-17(13-18)19-14-20(23-22-19)21(25)24-11-9-15-5-2-3-6-16(15)10-12-24/h2-8,13-14H,9-12H2,1H3,(H,22,23). The molecule has 0 bridgehead atoms. The molecule has 4 rings (SSSR count). The molecule has 2 aromatic carbocycles. The van der Waals surface area contributed by atoms with E-state index < -0.39 is 0 Å². The molecule has 0 unspecified atom stereocenters. The highest BCUT2D eigenvalue weighted by molar-refractivity contribution is 5.93. The number of aromatic amines is 1. The van der Waals surface area contributed by atoms with Crippen LogP contribution in [0.2, 0.25) is 0 Å². The van der Waals surface area contributed by atoms with Crippen molar-refractivity contribution in [2.75, 3.05) is 20.2 Å². The van der Waals surface area contributed by atoms with Crippen molar-refractivity contribution in [2.45, 2.75) is 12.8 Å². The SMILES string of the molecule is COc1cccc(-c2cc(C(=O)N3CCc4ccccc4CC3)[nH]n2)c1. The molecule has 26 heavy (non-hydrogen) atoms. The van der Waals surface area contributed by atoms with Gasteiger partial charge in [-0.15, -0.1) is 0 Å². The number of H-pyrrole nitrogens is 1. The second-order valence-electron chi connectivity index (χ2n) is 6.46. The van der Waals surface area contributed by atoms with E-state index in [0.29, 0.717) is 5.69 Å². The summed E-state index contributed by atoms with van der Waals surface area (Å²) in [5.74, 6) is 0.767. The van der Waals surface area contributed by atoms with Crippen molar-refractivity contribution < 1.29 is 9.53 Å². The zero-order valence-corrected chi connectivity index (χ0v) is 14.7. The first-order valence-corrected chi connectivity index (χ1v) is 8.80. The molecule has 5 heteroatoms. The third kappa shape index (κ3) is 3.20. The molecule has 0 aliphatic carbocycles.